The maximum atomic E-state index is 12.5. The van der Waals surface area contributed by atoms with Crippen molar-refractivity contribution in [2.45, 2.75) is 20.9 Å². The Morgan fingerprint density at radius 3 is 2.00 bits per heavy atom. The van der Waals surface area contributed by atoms with Crippen LogP contribution in [-0.4, -0.2) is 43.1 Å². The van der Waals surface area contributed by atoms with Gasteiger partial charge < -0.3 is 0 Å². The van der Waals surface area contributed by atoms with Gasteiger partial charge in [0.1, 0.15) is 0 Å². The van der Waals surface area contributed by atoms with Crippen molar-refractivity contribution in [3.63, 3.8) is 0 Å². The summed E-state index contributed by atoms with van der Waals surface area (Å²) in [5.41, 5.74) is 0. The number of likely N-dealkylation sites (tertiary alicyclic amines) is 1. The average Bonchev–Trinajstić information content (AvgIpc) is 2.98. The molecule has 3 nitrogen and oxygen atoms in total. The first-order valence-electron chi connectivity index (χ1n) is 6.30. The molecule has 0 aromatic heterocycles. The van der Waals surface area contributed by atoms with Gasteiger partial charge in [-0.3, -0.25) is 14.5 Å². The Morgan fingerprint density at radius 2 is 1.58 bits per heavy atom. The van der Waals surface area contributed by atoms with Crippen LogP contribution >= 0.6 is 63.7 Å². The number of halogens is 4. The number of imide groups is 1. The van der Waals surface area contributed by atoms with Crippen LogP contribution in [0, 0.1) is 23.7 Å². The molecule has 2 bridgehead atoms. The number of carbonyl (C=O) groups excluding carboxylic acids is 2. The van der Waals surface area contributed by atoms with Gasteiger partial charge in [0.25, 0.3) is 0 Å². The summed E-state index contributed by atoms with van der Waals surface area (Å²) >= 11 is 14.2. The zero-order valence-corrected chi connectivity index (χ0v) is 16.3. The Hall–Kier alpha value is 1.06. The standard InChI is InChI=1S/C12H13Br4NO2/c13-2-4(14)3-17-11(18)7-5-1-6(8(7)12(17)19)10(16)9(5)15/h4-10H,1-3H2. The van der Waals surface area contributed by atoms with E-state index in [0.717, 1.165) is 11.8 Å². The van der Waals surface area contributed by atoms with E-state index < -0.39 is 0 Å². The van der Waals surface area contributed by atoms with E-state index in [1.54, 1.807) is 0 Å². The maximum Gasteiger partial charge on any atom is 0.233 e. The van der Waals surface area contributed by atoms with Gasteiger partial charge in [-0.2, -0.15) is 0 Å². The third-order valence-electron chi connectivity index (χ3n) is 4.63. The predicted octanol–water partition coefficient (Wildman–Crippen LogP) is 2.92. The van der Waals surface area contributed by atoms with Crippen molar-refractivity contribution in [1.29, 1.82) is 0 Å². The van der Waals surface area contributed by atoms with Gasteiger partial charge in [-0.05, 0) is 18.3 Å². The van der Waals surface area contributed by atoms with Crippen LogP contribution in [0.3, 0.4) is 0 Å². The zero-order chi connectivity index (χ0) is 13.9. The molecule has 2 amide bonds. The molecule has 1 saturated heterocycles. The van der Waals surface area contributed by atoms with E-state index in [2.05, 4.69) is 63.7 Å². The first-order chi connectivity index (χ1) is 8.97. The van der Waals surface area contributed by atoms with Crippen LogP contribution < -0.4 is 0 Å². The lowest BCUT2D eigenvalue weighted by Crippen LogP contribution is -2.37. The third kappa shape index (κ3) is 2.13. The van der Waals surface area contributed by atoms with Gasteiger partial charge in [0.2, 0.25) is 11.8 Å². The minimum Gasteiger partial charge on any atom is -0.281 e. The van der Waals surface area contributed by atoms with Gasteiger partial charge in [-0.15, -0.1) is 0 Å². The van der Waals surface area contributed by atoms with E-state index in [1.807, 2.05) is 0 Å². The largest absolute Gasteiger partial charge is 0.281 e. The van der Waals surface area contributed by atoms with Crippen LogP contribution in [-0.2, 0) is 9.59 Å². The molecular formula is C12H13Br4NO2. The lowest BCUT2D eigenvalue weighted by atomic mass is 9.81. The minimum atomic E-state index is -0.0919. The first kappa shape index (κ1) is 15.0. The second-order valence-electron chi connectivity index (χ2n) is 5.54. The number of hydrogen-bond donors (Lipinski definition) is 0. The monoisotopic (exact) mass is 519 g/mol. The summed E-state index contributed by atoms with van der Waals surface area (Å²) < 4.78 is 0. The molecule has 7 unspecified atom stereocenters. The van der Waals surface area contributed by atoms with Crippen LogP contribution in [0.5, 0.6) is 0 Å². The van der Waals surface area contributed by atoms with Gasteiger partial charge in [-0.1, -0.05) is 63.7 Å². The van der Waals surface area contributed by atoms with Crippen molar-refractivity contribution < 1.29 is 9.59 Å². The van der Waals surface area contributed by atoms with Crippen molar-refractivity contribution in [3.8, 4) is 0 Å². The molecule has 0 aromatic rings. The Labute approximate surface area is 145 Å². The number of fused-ring (bicyclic) bond motifs is 5. The lowest BCUT2D eigenvalue weighted by Gasteiger charge is -2.28. The molecule has 0 aromatic carbocycles. The fourth-order valence-corrected chi connectivity index (χ4v) is 6.21. The van der Waals surface area contributed by atoms with Crippen LogP contribution in [0.15, 0.2) is 0 Å². The quantitative estimate of drug-likeness (QED) is 0.422. The number of rotatable bonds is 3. The van der Waals surface area contributed by atoms with Gasteiger partial charge in [0.15, 0.2) is 0 Å². The van der Waals surface area contributed by atoms with Gasteiger partial charge in [0.05, 0.1) is 11.8 Å². The molecule has 19 heavy (non-hydrogen) atoms. The fraction of sp³-hybridized carbons (Fsp3) is 0.833. The molecule has 3 rings (SSSR count). The van der Waals surface area contributed by atoms with Crippen molar-refractivity contribution in [3.05, 3.63) is 0 Å². The van der Waals surface area contributed by atoms with E-state index in [-0.39, 0.29) is 28.5 Å². The summed E-state index contributed by atoms with van der Waals surface area (Å²) in [6.45, 7) is 0.468. The first-order valence-corrected chi connectivity index (χ1v) is 10.2. The van der Waals surface area contributed by atoms with Gasteiger partial charge in [-0.25, -0.2) is 0 Å². The van der Waals surface area contributed by atoms with Gasteiger partial charge in [0, 0.05) is 26.4 Å². The summed E-state index contributed by atoms with van der Waals surface area (Å²) in [5, 5.41) is 0.731. The molecule has 3 fully saturated rings. The van der Waals surface area contributed by atoms with Crippen molar-refractivity contribution in [2.24, 2.45) is 23.7 Å². The molecule has 0 spiro atoms. The summed E-state index contributed by atoms with van der Waals surface area (Å²) in [6.07, 6.45) is 0.989. The van der Waals surface area contributed by atoms with Crippen LogP contribution in [0.25, 0.3) is 0 Å². The van der Waals surface area contributed by atoms with Crippen molar-refractivity contribution >= 4 is 75.5 Å². The topological polar surface area (TPSA) is 37.4 Å². The zero-order valence-electron chi connectivity index (χ0n) is 9.94. The average molecular weight is 523 g/mol. The fourth-order valence-electron chi connectivity index (χ4n) is 3.84. The second-order valence-corrected chi connectivity index (χ2v) is 9.60. The minimum absolute atomic E-state index is 0.0387. The highest BCUT2D eigenvalue weighted by Crippen LogP contribution is 2.60. The maximum absolute atomic E-state index is 12.5. The van der Waals surface area contributed by atoms with E-state index in [9.17, 15) is 9.59 Å². The van der Waals surface area contributed by atoms with Crippen molar-refractivity contribution in [2.75, 3.05) is 11.9 Å². The smallest absolute Gasteiger partial charge is 0.233 e. The van der Waals surface area contributed by atoms with Crippen LogP contribution in [0.4, 0.5) is 0 Å². The van der Waals surface area contributed by atoms with Crippen LogP contribution in [0.1, 0.15) is 6.42 Å². The highest BCUT2D eigenvalue weighted by molar-refractivity contribution is 9.12. The number of hydrogen-bond acceptors (Lipinski definition) is 2. The van der Waals surface area contributed by atoms with E-state index in [4.69, 9.17) is 0 Å². The highest BCUT2D eigenvalue weighted by Gasteiger charge is 2.66. The Kier molecular flexibility index (Phi) is 4.22. The molecule has 2 saturated carbocycles. The lowest BCUT2D eigenvalue weighted by molar-refractivity contribution is -0.140. The summed E-state index contributed by atoms with van der Waals surface area (Å²) in [6, 6.07) is 0. The number of amides is 2. The van der Waals surface area contributed by atoms with Crippen LogP contribution in [0.2, 0.25) is 0 Å². The third-order valence-corrected chi connectivity index (χ3v) is 10.1. The number of alkyl halides is 4. The van der Waals surface area contributed by atoms with E-state index >= 15 is 0 Å². The molecule has 7 heteroatoms. The van der Waals surface area contributed by atoms with Crippen molar-refractivity contribution in [1.82, 2.24) is 4.90 Å². The molecular weight excluding hydrogens is 510 g/mol. The summed E-state index contributed by atoms with van der Waals surface area (Å²) in [5.74, 6) is 0.502. The molecule has 3 aliphatic rings. The van der Waals surface area contributed by atoms with E-state index in [0.29, 0.717) is 28.0 Å². The summed E-state index contributed by atoms with van der Waals surface area (Å²) in [7, 11) is 0. The Balaban J connectivity index is 1.85. The number of carbonyl (C=O) groups is 2. The Morgan fingerprint density at radius 1 is 1.11 bits per heavy atom. The second kappa shape index (κ2) is 5.36. The SMILES string of the molecule is O=C1C2C3CC(C(Br)C3Br)C2C(=O)N1CC(Br)CBr. The molecule has 2 aliphatic carbocycles. The normalized spacial score (nSPS) is 46.0. The number of nitrogens with zero attached hydrogens (tertiary/aromatic N) is 1. The highest BCUT2D eigenvalue weighted by atomic mass is 79.9. The predicted molar refractivity (Wildman–Crippen MR) is 87.2 cm³/mol. The molecule has 1 heterocycles. The molecule has 1 aliphatic heterocycles. The molecule has 106 valence electrons. The van der Waals surface area contributed by atoms with E-state index in [1.165, 1.54) is 4.90 Å². The van der Waals surface area contributed by atoms with Gasteiger partial charge >= 0.3 is 0 Å². The molecule has 0 radical (unpaired) electrons. The summed E-state index contributed by atoms with van der Waals surface area (Å²) in [4.78, 5) is 27.3. The molecule has 7 atom stereocenters. The Bertz CT molecular complexity index is 400. The molecule has 0 N–H and O–H groups in total.